The molecule has 0 aliphatic carbocycles. The van der Waals surface area contributed by atoms with Crippen LogP contribution in [0, 0.1) is 0 Å². The first-order chi connectivity index (χ1) is 6.47. The highest BCUT2D eigenvalue weighted by Crippen LogP contribution is 2.25. The van der Waals surface area contributed by atoms with Crippen LogP contribution in [0.25, 0.3) is 0 Å². The number of hydrogen-bond donors (Lipinski definition) is 1. The van der Waals surface area contributed by atoms with Crippen molar-refractivity contribution in [1.82, 2.24) is 5.01 Å². The summed E-state index contributed by atoms with van der Waals surface area (Å²) < 4.78 is 21.6. The molecule has 0 aromatic rings. The fourth-order valence-corrected chi connectivity index (χ4v) is 2.58. The van der Waals surface area contributed by atoms with Gasteiger partial charge in [-0.15, -0.1) is 5.10 Å². The summed E-state index contributed by atoms with van der Waals surface area (Å²) in [5.74, 6) is -0.269. The van der Waals surface area contributed by atoms with Crippen LogP contribution < -0.4 is 5.14 Å². The molecule has 0 aromatic carbocycles. The van der Waals surface area contributed by atoms with Crippen molar-refractivity contribution in [3.8, 4) is 0 Å². The maximum atomic E-state index is 10.9. The van der Waals surface area contributed by atoms with Gasteiger partial charge in [-0.2, -0.15) is 4.99 Å². The van der Waals surface area contributed by atoms with Crippen molar-refractivity contribution < 1.29 is 13.2 Å². The average molecular weight is 234 g/mol. The van der Waals surface area contributed by atoms with Crippen LogP contribution in [-0.2, 0) is 14.8 Å². The largest absolute Gasteiger partial charge is 0.272 e. The highest BCUT2D eigenvalue weighted by molar-refractivity contribution is 8.42. The number of amides is 1. The minimum absolute atomic E-state index is 0.217. The maximum Gasteiger partial charge on any atom is 0.264 e. The van der Waals surface area contributed by atoms with Crippen LogP contribution in [0.2, 0.25) is 0 Å². The molecule has 14 heavy (non-hydrogen) atoms. The van der Waals surface area contributed by atoms with Crippen molar-refractivity contribution in [1.29, 1.82) is 0 Å². The van der Waals surface area contributed by atoms with Gasteiger partial charge in [0.25, 0.3) is 10.0 Å². The van der Waals surface area contributed by atoms with Gasteiger partial charge in [0.15, 0.2) is 5.17 Å². The van der Waals surface area contributed by atoms with Crippen LogP contribution in [0.4, 0.5) is 0 Å². The first kappa shape index (κ1) is 9.62. The molecule has 0 bridgehead atoms. The van der Waals surface area contributed by atoms with Crippen LogP contribution in [0.1, 0.15) is 6.42 Å². The topological polar surface area (TPSA) is 105 Å². The van der Waals surface area contributed by atoms with E-state index in [2.05, 4.69) is 10.1 Å². The predicted octanol–water partition coefficient (Wildman–Crippen LogP) is -1.12. The Labute approximate surface area is 84.1 Å². The summed E-state index contributed by atoms with van der Waals surface area (Å²) in [4.78, 5) is 14.5. The zero-order valence-corrected chi connectivity index (χ0v) is 8.51. The van der Waals surface area contributed by atoms with Gasteiger partial charge in [0.1, 0.15) is 0 Å². The number of hydrazone groups is 1. The molecule has 0 radical (unpaired) electrons. The lowest BCUT2D eigenvalue weighted by Crippen LogP contribution is -2.27. The Bertz CT molecular complexity index is 452. The summed E-state index contributed by atoms with van der Waals surface area (Å²) in [5, 5.41) is 10.3. The predicted molar refractivity (Wildman–Crippen MR) is 51.9 cm³/mol. The molecule has 0 saturated heterocycles. The van der Waals surface area contributed by atoms with E-state index in [1.807, 2.05) is 0 Å². The van der Waals surface area contributed by atoms with Gasteiger partial charge in [-0.25, -0.2) is 18.6 Å². The number of hydrogen-bond acceptors (Lipinski definition) is 6. The van der Waals surface area contributed by atoms with Gasteiger partial charge in [-0.3, -0.25) is 4.79 Å². The number of carbonyl (C=O) groups excluding carboxylic acids is 1. The molecular weight excluding hydrogens is 228 g/mol. The number of nitrogens with two attached hydrogens (primary N) is 1. The summed E-state index contributed by atoms with van der Waals surface area (Å²) in [6, 6.07) is 0. The Morgan fingerprint density at radius 2 is 2.21 bits per heavy atom. The third-order valence-electron chi connectivity index (χ3n) is 1.60. The molecule has 0 atom stereocenters. The highest BCUT2D eigenvalue weighted by atomic mass is 32.3. The molecule has 76 valence electrons. The van der Waals surface area contributed by atoms with Gasteiger partial charge in [-0.05, 0) is 11.8 Å². The Balaban J connectivity index is 2.33. The van der Waals surface area contributed by atoms with Crippen LogP contribution >= 0.6 is 11.8 Å². The van der Waals surface area contributed by atoms with E-state index in [1.54, 1.807) is 0 Å². The lowest BCUT2D eigenvalue weighted by Gasteiger charge is -2.15. The molecule has 2 N–H and O–H groups in total. The zero-order valence-electron chi connectivity index (χ0n) is 6.87. The molecule has 0 unspecified atom stereocenters. The second kappa shape index (κ2) is 3.04. The van der Waals surface area contributed by atoms with E-state index in [0.717, 1.165) is 11.8 Å². The fraction of sp³-hybridized carbons (Fsp3) is 0.400. The van der Waals surface area contributed by atoms with E-state index in [-0.39, 0.29) is 21.9 Å². The molecule has 0 spiro atoms. The Kier molecular flexibility index (Phi) is 2.09. The van der Waals surface area contributed by atoms with E-state index in [0.29, 0.717) is 6.54 Å². The van der Waals surface area contributed by atoms with Crippen molar-refractivity contribution in [2.75, 3.05) is 6.54 Å². The first-order valence-corrected chi connectivity index (χ1v) is 6.01. The fourth-order valence-electron chi connectivity index (χ4n) is 0.998. The number of carbonyl (C=O) groups is 1. The van der Waals surface area contributed by atoms with Gasteiger partial charge in [-0.1, -0.05) is 0 Å². The summed E-state index contributed by atoms with van der Waals surface area (Å²) in [6.45, 7) is 0.351. The van der Waals surface area contributed by atoms with Crippen molar-refractivity contribution >= 4 is 37.2 Å². The molecule has 2 aliphatic heterocycles. The second-order valence-corrected chi connectivity index (χ2v) is 5.37. The zero-order chi connectivity index (χ0) is 10.3. The lowest BCUT2D eigenvalue weighted by molar-refractivity contribution is -0.118. The van der Waals surface area contributed by atoms with Gasteiger partial charge in [0.2, 0.25) is 10.3 Å². The Morgan fingerprint density at radius 1 is 1.50 bits per heavy atom. The number of primary sulfonamides is 1. The molecule has 9 heteroatoms. The molecule has 2 heterocycles. The van der Waals surface area contributed by atoms with E-state index < -0.39 is 10.0 Å². The third-order valence-corrected chi connectivity index (χ3v) is 3.86. The SMILES string of the molecule is NS(=O)(=O)C1=NN2CCC(=O)N=C2S1. The number of rotatable bonds is 0. The van der Waals surface area contributed by atoms with Gasteiger partial charge in [0, 0.05) is 6.42 Å². The number of sulfonamides is 1. The lowest BCUT2D eigenvalue weighted by atomic mass is 10.4. The Morgan fingerprint density at radius 3 is 2.86 bits per heavy atom. The standard InChI is InChI=1S/C5H6N4O3S2/c6-14(11,12)5-8-9-2-1-3(10)7-4(9)13-5/h1-2H2,(H2,6,11,12). The summed E-state index contributed by atoms with van der Waals surface area (Å²) in [7, 11) is -3.80. The second-order valence-electron chi connectivity index (χ2n) is 2.67. The van der Waals surface area contributed by atoms with Gasteiger partial charge in [0.05, 0.1) is 6.54 Å². The summed E-state index contributed by atoms with van der Waals surface area (Å²) in [5.41, 5.74) is 0. The monoisotopic (exact) mass is 234 g/mol. The molecule has 2 aliphatic rings. The van der Waals surface area contributed by atoms with Crippen molar-refractivity contribution in [2.24, 2.45) is 15.2 Å². The van der Waals surface area contributed by atoms with Crippen LogP contribution in [-0.4, -0.2) is 35.4 Å². The maximum absolute atomic E-state index is 10.9. The van der Waals surface area contributed by atoms with Crippen LogP contribution in [0.15, 0.2) is 10.1 Å². The summed E-state index contributed by atoms with van der Waals surface area (Å²) in [6.07, 6.45) is 0.242. The normalized spacial score (nSPS) is 21.8. The minimum atomic E-state index is -3.80. The number of aliphatic imine (C=N–C) groups is 1. The molecule has 0 saturated carbocycles. The van der Waals surface area contributed by atoms with Crippen LogP contribution in [0.5, 0.6) is 0 Å². The van der Waals surface area contributed by atoms with Gasteiger partial charge >= 0.3 is 0 Å². The molecular formula is C5H6N4O3S2. The smallest absolute Gasteiger partial charge is 0.264 e. The average Bonchev–Trinajstić information content (AvgIpc) is 2.45. The van der Waals surface area contributed by atoms with Gasteiger partial charge < -0.3 is 0 Å². The van der Waals surface area contributed by atoms with E-state index in [9.17, 15) is 13.2 Å². The summed E-state index contributed by atoms with van der Waals surface area (Å²) >= 11 is 0.797. The Hall–Kier alpha value is -0.930. The van der Waals surface area contributed by atoms with Crippen molar-refractivity contribution in [3.05, 3.63) is 0 Å². The van der Waals surface area contributed by atoms with Crippen LogP contribution in [0.3, 0.4) is 0 Å². The van der Waals surface area contributed by atoms with Crippen molar-refractivity contribution in [2.45, 2.75) is 6.42 Å². The quantitative estimate of drug-likeness (QED) is 0.571. The van der Waals surface area contributed by atoms with E-state index in [4.69, 9.17) is 5.14 Å². The molecule has 7 nitrogen and oxygen atoms in total. The molecule has 2 rings (SSSR count). The molecule has 0 fully saturated rings. The van der Waals surface area contributed by atoms with E-state index >= 15 is 0 Å². The third kappa shape index (κ3) is 1.65. The van der Waals surface area contributed by atoms with E-state index in [1.165, 1.54) is 5.01 Å². The number of amidine groups is 1. The molecule has 0 aromatic heterocycles. The number of nitrogens with zero attached hydrogens (tertiary/aromatic N) is 3. The number of thioether (sulfide) groups is 1. The minimum Gasteiger partial charge on any atom is -0.272 e. The van der Waals surface area contributed by atoms with Crippen molar-refractivity contribution in [3.63, 3.8) is 0 Å². The first-order valence-electron chi connectivity index (χ1n) is 3.65. The highest BCUT2D eigenvalue weighted by Gasteiger charge is 2.32. The number of fused-ring (bicyclic) bond motifs is 1. The molecule has 1 amide bonds.